The van der Waals surface area contributed by atoms with Crippen LogP contribution in [-0.4, -0.2) is 23.8 Å². The van der Waals surface area contributed by atoms with Gasteiger partial charge in [-0.3, -0.25) is 0 Å². The first-order chi connectivity index (χ1) is 5.20. The Labute approximate surface area is 69.3 Å². The Bertz CT molecular complexity index is 104. The first-order valence-electron chi connectivity index (χ1n) is 4.24. The van der Waals surface area contributed by atoms with Gasteiger partial charge in [0.05, 0.1) is 6.10 Å². The maximum absolute atomic E-state index is 9.30. The fourth-order valence-corrected chi connectivity index (χ4v) is 0.841. The molecule has 11 heavy (non-hydrogen) atoms. The third-order valence-electron chi connectivity index (χ3n) is 1.65. The molecule has 66 valence electrons. The highest BCUT2D eigenvalue weighted by atomic mass is 16.3. The molecule has 2 atom stereocenters. The summed E-state index contributed by atoms with van der Waals surface area (Å²) in [4.78, 5) is 0. The van der Waals surface area contributed by atoms with Gasteiger partial charge in [0.15, 0.2) is 0 Å². The van der Waals surface area contributed by atoms with E-state index in [0.717, 1.165) is 12.8 Å². The molecular formula is C9H19NO. The van der Waals surface area contributed by atoms with Crippen LogP contribution in [0.4, 0.5) is 0 Å². The Kier molecular flexibility index (Phi) is 6.18. The molecule has 0 aliphatic heterocycles. The molecule has 2 heteroatoms. The second kappa shape index (κ2) is 6.38. The van der Waals surface area contributed by atoms with E-state index in [1.54, 1.807) is 0 Å². The topological polar surface area (TPSA) is 32.3 Å². The van der Waals surface area contributed by atoms with Gasteiger partial charge in [0.25, 0.3) is 0 Å². The summed E-state index contributed by atoms with van der Waals surface area (Å²) in [5.74, 6) is 0. The van der Waals surface area contributed by atoms with Crippen molar-refractivity contribution in [1.29, 1.82) is 0 Å². The zero-order valence-corrected chi connectivity index (χ0v) is 7.51. The molecule has 0 saturated heterocycles. The van der Waals surface area contributed by atoms with E-state index >= 15 is 0 Å². The highest BCUT2D eigenvalue weighted by Gasteiger charge is 2.02. The molecule has 0 rings (SSSR count). The van der Waals surface area contributed by atoms with Gasteiger partial charge < -0.3 is 10.4 Å². The third-order valence-corrected chi connectivity index (χ3v) is 1.65. The molecule has 2 N–H and O–H groups in total. The van der Waals surface area contributed by atoms with Crippen LogP contribution in [-0.2, 0) is 0 Å². The molecule has 0 radical (unpaired) electrons. The largest absolute Gasteiger partial charge is 0.392 e. The van der Waals surface area contributed by atoms with Crippen molar-refractivity contribution in [2.75, 3.05) is 6.54 Å². The molecule has 0 fully saturated rings. The van der Waals surface area contributed by atoms with Crippen molar-refractivity contribution >= 4 is 0 Å². The molecule has 0 bridgehead atoms. The molecular weight excluding hydrogens is 138 g/mol. The van der Waals surface area contributed by atoms with Crippen molar-refractivity contribution in [3.8, 4) is 0 Å². The fourth-order valence-electron chi connectivity index (χ4n) is 0.841. The van der Waals surface area contributed by atoms with Gasteiger partial charge >= 0.3 is 0 Å². The molecule has 0 heterocycles. The smallest absolute Gasteiger partial charge is 0.0664 e. The highest BCUT2D eigenvalue weighted by molar-refractivity contribution is 4.81. The van der Waals surface area contributed by atoms with Crippen molar-refractivity contribution in [2.45, 2.75) is 38.8 Å². The van der Waals surface area contributed by atoms with Gasteiger partial charge in [0.1, 0.15) is 0 Å². The summed E-state index contributed by atoms with van der Waals surface area (Å²) < 4.78 is 0. The highest BCUT2D eigenvalue weighted by Crippen LogP contribution is 1.94. The van der Waals surface area contributed by atoms with Gasteiger partial charge in [-0.25, -0.2) is 0 Å². The van der Waals surface area contributed by atoms with Gasteiger partial charge in [0.2, 0.25) is 0 Å². The van der Waals surface area contributed by atoms with E-state index in [4.69, 9.17) is 0 Å². The SMILES string of the molecule is C=CC(C)NCC(O)CCC. The Morgan fingerprint density at radius 3 is 2.73 bits per heavy atom. The minimum Gasteiger partial charge on any atom is -0.392 e. The van der Waals surface area contributed by atoms with E-state index in [1.807, 2.05) is 13.0 Å². The number of aliphatic hydroxyl groups excluding tert-OH is 1. The Morgan fingerprint density at radius 1 is 1.64 bits per heavy atom. The predicted octanol–water partition coefficient (Wildman–Crippen LogP) is 1.31. The predicted molar refractivity (Wildman–Crippen MR) is 48.6 cm³/mol. The third kappa shape index (κ3) is 6.07. The molecule has 2 unspecified atom stereocenters. The van der Waals surface area contributed by atoms with Crippen LogP contribution in [0.5, 0.6) is 0 Å². The number of rotatable bonds is 6. The monoisotopic (exact) mass is 157 g/mol. The van der Waals surface area contributed by atoms with E-state index < -0.39 is 0 Å². The maximum Gasteiger partial charge on any atom is 0.0664 e. The lowest BCUT2D eigenvalue weighted by atomic mass is 10.2. The minimum absolute atomic E-state index is 0.206. The average molecular weight is 157 g/mol. The first-order valence-corrected chi connectivity index (χ1v) is 4.24. The quantitative estimate of drug-likeness (QED) is 0.570. The van der Waals surface area contributed by atoms with Crippen molar-refractivity contribution in [2.24, 2.45) is 0 Å². The van der Waals surface area contributed by atoms with Gasteiger partial charge in [-0.15, -0.1) is 6.58 Å². The van der Waals surface area contributed by atoms with Crippen LogP contribution >= 0.6 is 0 Å². The summed E-state index contributed by atoms with van der Waals surface area (Å²) in [6.07, 6.45) is 3.53. The lowest BCUT2D eigenvalue weighted by Crippen LogP contribution is -2.32. The summed E-state index contributed by atoms with van der Waals surface area (Å²) in [5, 5.41) is 12.4. The first kappa shape index (κ1) is 10.7. The molecule has 2 nitrogen and oxygen atoms in total. The molecule has 0 aliphatic rings. The van der Waals surface area contributed by atoms with Crippen molar-refractivity contribution < 1.29 is 5.11 Å². The summed E-state index contributed by atoms with van der Waals surface area (Å²) in [6, 6.07) is 0.293. The lowest BCUT2D eigenvalue weighted by molar-refractivity contribution is 0.159. The van der Waals surface area contributed by atoms with Gasteiger partial charge in [0, 0.05) is 12.6 Å². The molecule has 0 saturated carbocycles. The molecule has 0 amide bonds. The Hall–Kier alpha value is -0.340. The number of hydrogen-bond acceptors (Lipinski definition) is 2. The van der Waals surface area contributed by atoms with Gasteiger partial charge in [-0.1, -0.05) is 19.4 Å². The standard InChI is InChI=1S/C9H19NO/c1-4-6-9(11)7-10-8(3)5-2/h5,8-11H,2,4,6-7H2,1,3H3. The average Bonchev–Trinajstić information content (AvgIpc) is 2.01. The van der Waals surface area contributed by atoms with Crippen molar-refractivity contribution in [3.63, 3.8) is 0 Å². The minimum atomic E-state index is -0.206. The number of aliphatic hydroxyl groups is 1. The second-order valence-corrected chi connectivity index (χ2v) is 2.88. The van der Waals surface area contributed by atoms with Crippen LogP contribution in [0.3, 0.4) is 0 Å². The molecule has 0 aromatic carbocycles. The zero-order chi connectivity index (χ0) is 8.69. The van der Waals surface area contributed by atoms with Crippen LogP contribution in [0.15, 0.2) is 12.7 Å². The zero-order valence-electron chi connectivity index (χ0n) is 7.51. The van der Waals surface area contributed by atoms with Crippen LogP contribution in [0.1, 0.15) is 26.7 Å². The van der Waals surface area contributed by atoms with Crippen molar-refractivity contribution in [1.82, 2.24) is 5.32 Å². The second-order valence-electron chi connectivity index (χ2n) is 2.88. The van der Waals surface area contributed by atoms with Crippen LogP contribution in [0, 0.1) is 0 Å². The van der Waals surface area contributed by atoms with Gasteiger partial charge in [-0.05, 0) is 13.3 Å². The van der Waals surface area contributed by atoms with Gasteiger partial charge in [-0.2, -0.15) is 0 Å². The number of nitrogens with one attached hydrogen (secondary N) is 1. The summed E-state index contributed by atoms with van der Waals surface area (Å²) in [5.41, 5.74) is 0. The van der Waals surface area contributed by atoms with E-state index in [1.165, 1.54) is 0 Å². The van der Waals surface area contributed by atoms with Crippen molar-refractivity contribution in [3.05, 3.63) is 12.7 Å². The molecule has 0 aliphatic carbocycles. The molecule has 0 aromatic rings. The van der Waals surface area contributed by atoms with Crippen LogP contribution in [0.2, 0.25) is 0 Å². The van der Waals surface area contributed by atoms with Crippen LogP contribution < -0.4 is 5.32 Å². The van der Waals surface area contributed by atoms with E-state index in [0.29, 0.717) is 12.6 Å². The molecule has 0 spiro atoms. The lowest BCUT2D eigenvalue weighted by Gasteiger charge is -2.13. The summed E-state index contributed by atoms with van der Waals surface area (Å²) in [6.45, 7) is 8.40. The Morgan fingerprint density at radius 2 is 2.27 bits per heavy atom. The fraction of sp³-hybridized carbons (Fsp3) is 0.778. The number of hydrogen-bond donors (Lipinski definition) is 2. The van der Waals surface area contributed by atoms with E-state index in [-0.39, 0.29) is 6.10 Å². The van der Waals surface area contributed by atoms with E-state index in [9.17, 15) is 5.11 Å². The Balaban J connectivity index is 3.29. The maximum atomic E-state index is 9.30. The normalized spacial score (nSPS) is 15.9. The van der Waals surface area contributed by atoms with E-state index in [2.05, 4.69) is 18.8 Å². The van der Waals surface area contributed by atoms with Crippen LogP contribution in [0.25, 0.3) is 0 Å². The summed E-state index contributed by atoms with van der Waals surface area (Å²) >= 11 is 0. The summed E-state index contributed by atoms with van der Waals surface area (Å²) in [7, 11) is 0. The molecule has 0 aromatic heterocycles.